The number of hydrogen-bond donors (Lipinski definition) is 0. The van der Waals surface area contributed by atoms with Gasteiger partial charge in [0.25, 0.3) is 0 Å². The quantitative estimate of drug-likeness (QED) is 0.593. The molecule has 7 nitrogen and oxygen atoms in total. The van der Waals surface area contributed by atoms with E-state index < -0.39 is 12.1 Å². The Morgan fingerprint density at radius 2 is 1.96 bits per heavy atom. The second kappa shape index (κ2) is 6.92. The Morgan fingerprint density at radius 1 is 1.18 bits per heavy atom. The van der Waals surface area contributed by atoms with Crippen molar-refractivity contribution in [3.63, 3.8) is 0 Å². The molecule has 144 valence electrons. The summed E-state index contributed by atoms with van der Waals surface area (Å²) < 4.78 is 26.8. The summed E-state index contributed by atoms with van der Waals surface area (Å²) in [6, 6.07) is 8.67. The molecule has 0 aromatic heterocycles. The van der Waals surface area contributed by atoms with Crippen molar-refractivity contribution in [1.29, 1.82) is 0 Å². The topological polar surface area (TPSA) is 80.3 Å². The maximum absolute atomic E-state index is 12.7. The maximum atomic E-state index is 12.7. The summed E-state index contributed by atoms with van der Waals surface area (Å²) in [5.74, 6) is 1.67. The molecule has 1 atom stereocenters. The fourth-order valence-corrected chi connectivity index (χ4v) is 3.05. The lowest BCUT2D eigenvalue weighted by Crippen LogP contribution is -2.25. The lowest BCUT2D eigenvalue weighted by Gasteiger charge is -2.15. The van der Waals surface area contributed by atoms with Crippen molar-refractivity contribution >= 4 is 17.8 Å². The summed E-state index contributed by atoms with van der Waals surface area (Å²) in [5, 5.41) is 0. The average molecular weight is 382 g/mol. The largest absolute Gasteiger partial charge is 0.479 e. The van der Waals surface area contributed by atoms with Gasteiger partial charge in [0.2, 0.25) is 12.6 Å². The Morgan fingerprint density at radius 3 is 2.75 bits per heavy atom. The third kappa shape index (κ3) is 3.05. The van der Waals surface area contributed by atoms with Gasteiger partial charge in [0.05, 0.1) is 12.7 Å². The van der Waals surface area contributed by atoms with Crippen LogP contribution in [-0.4, -0.2) is 31.8 Å². The van der Waals surface area contributed by atoms with E-state index in [2.05, 4.69) is 4.74 Å². The van der Waals surface area contributed by atoms with Crippen molar-refractivity contribution in [1.82, 2.24) is 0 Å². The van der Waals surface area contributed by atoms with Crippen LogP contribution in [0.25, 0.3) is 6.08 Å². The predicted octanol–water partition coefficient (Wildman–Crippen LogP) is 3.28. The Labute approximate surface area is 161 Å². The van der Waals surface area contributed by atoms with Crippen molar-refractivity contribution in [3.05, 3.63) is 52.8 Å². The normalized spacial score (nSPS) is 16.5. The molecule has 0 fully saturated rings. The van der Waals surface area contributed by atoms with Gasteiger partial charge in [0, 0.05) is 5.56 Å². The molecule has 0 spiro atoms. The molecule has 28 heavy (non-hydrogen) atoms. The molecule has 0 radical (unpaired) electrons. The van der Waals surface area contributed by atoms with Crippen molar-refractivity contribution in [2.45, 2.75) is 20.0 Å². The first kappa shape index (κ1) is 17.9. The lowest BCUT2D eigenvalue weighted by atomic mass is 10.1. The minimum absolute atomic E-state index is 0.183. The Balaban J connectivity index is 1.61. The zero-order valence-corrected chi connectivity index (χ0v) is 15.6. The Bertz CT molecular complexity index is 1010. The number of methoxy groups -OCH3 is 1. The summed E-state index contributed by atoms with van der Waals surface area (Å²) in [4.78, 5) is 24.3. The highest BCUT2D eigenvalue weighted by Crippen LogP contribution is 2.40. The fraction of sp³-hybridized carbons (Fsp3) is 0.238. The van der Waals surface area contributed by atoms with E-state index in [-0.39, 0.29) is 18.3 Å². The van der Waals surface area contributed by atoms with Crippen molar-refractivity contribution in [3.8, 4) is 23.0 Å². The van der Waals surface area contributed by atoms with E-state index in [9.17, 15) is 9.59 Å². The molecule has 0 saturated heterocycles. The SMILES string of the molecule is COC(=O)C(C)Oc1ccc2c(c1C)O/C(=C\c1ccc3c(c1)OCO3)C2=O. The van der Waals surface area contributed by atoms with Crippen LogP contribution in [0.1, 0.15) is 28.4 Å². The molecule has 0 saturated carbocycles. The first-order chi connectivity index (χ1) is 13.5. The van der Waals surface area contributed by atoms with Crippen molar-refractivity contribution in [2.75, 3.05) is 13.9 Å². The van der Waals surface area contributed by atoms with E-state index in [0.29, 0.717) is 34.1 Å². The third-order valence-electron chi connectivity index (χ3n) is 4.57. The fourth-order valence-electron chi connectivity index (χ4n) is 3.05. The van der Waals surface area contributed by atoms with Gasteiger partial charge in [-0.05, 0) is 49.8 Å². The van der Waals surface area contributed by atoms with Gasteiger partial charge in [-0.1, -0.05) is 6.07 Å². The number of allylic oxidation sites excluding steroid dienone is 1. The summed E-state index contributed by atoms with van der Waals surface area (Å²) in [5.41, 5.74) is 1.84. The van der Waals surface area contributed by atoms with E-state index in [1.54, 1.807) is 44.2 Å². The molecule has 0 amide bonds. The maximum Gasteiger partial charge on any atom is 0.346 e. The van der Waals surface area contributed by atoms with Crippen molar-refractivity contribution in [2.24, 2.45) is 0 Å². The number of fused-ring (bicyclic) bond motifs is 2. The summed E-state index contributed by atoms with van der Waals surface area (Å²) >= 11 is 0. The number of ether oxygens (including phenoxy) is 5. The van der Waals surface area contributed by atoms with E-state index >= 15 is 0 Å². The standard InChI is InChI=1S/C21H18O7/c1-11-15(27-12(2)21(23)24-3)7-5-14-19(22)18(28-20(11)14)9-13-4-6-16-17(8-13)26-10-25-16/h4-9,12H,10H2,1-3H3/b18-9-. The molecule has 4 rings (SSSR count). The molecule has 2 aliphatic rings. The smallest absolute Gasteiger partial charge is 0.346 e. The second-order valence-electron chi connectivity index (χ2n) is 6.40. The molecule has 0 aliphatic carbocycles. The number of rotatable bonds is 4. The van der Waals surface area contributed by atoms with E-state index in [1.807, 2.05) is 6.07 Å². The van der Waals surface area contributed by atoms with Gasteiger partial charge in [-0.15, -0.1) is 0 Å². The van der Waals surface area contributed by atoms with E-state index in [4.69, 9.17) is 18.9 Å². The highest BCUT2D eigenvalue weighted by Gasteiger charge is 2.31. The number of benzene rings is 2. The first-order valence-corrected chi connectivity index (χ1v) is 8.70. The monoisotopic (exact) mass is 382 g/mol. The van der Waals surface area contributed by atoms with Crippen LogP contribution in [0.15, 0.2) is 36.1 Å². The summed E-state index contributed by atoms with van der Waals surface area (Å²) in [6.45, 7) is 3.55. The van der Waals surface area contributed by atoms with Crippen LogP contribution < -0.4 is 18.9 Å². The van der Waals surface area contributed by atoms with Crippen LogP contribution in [0.5, 0.6) is 23.0 Å². The Kier molecular flexibility index (Phi) is 4.43. The molecular weight excluding hydrogens is 364 g/mol. The second-order valence-corrected chi connectivity index (χ2v) is 6.40. The number of hydrogen-bond acceptors (Lipinski definition) is 7. The molecule has 2 heterocycles. The Hall–Kier alpha value is -3.48. The number of ketones is 1. The van der Waals surface area contributed by atoms with Gasteiger partial charge in [-0.3, -0.25) is 4.79 Å². The average Bonchev–Trinajstić information content (AvgIpc) is 3.28. The highest BCUT2D eigenvalue weighted by molar-refractivity contribution is 6.15. The lowest BCUT2D eigenvalue weighted by molar-refractivity contribution is -0.147. The van der Waals surface area contributed by atoms with Gasteiger partial charge in [0.15, 0.2) is 23.4 Å². The molecule has 2 aliphatic heterocycles. The van der Waals surface area contributed by atoms with Gasteiger partial charge >= 0.3 is 5.97 Å². The van der Waals surface area contributed by atoms with Gasteiger partial charge in [-0.25, -0.2) is 4.79 Å². The van der Waals surface area contributed by atoms with Crippen molar-refractivity contribution < 1.29 is 33.3 Å². The molecular formula is C21H18O7. The van der Waals surface area contributed by atoms with Crippen LogP contribution in [0, 0.1) is 6.92 Å². The molecule has 0 bridgehead atoms. The predicted molar refractivity (Wildman–Crippen MR) is 98.8 cm³/mol. The first-order valence-electron chi connectivity index (χ1n) is 8.70. The van der Waals surface area contributed by atoms with Crippen LogP contribution in [-0.2, 0) is 9.53 Å². The molecule has 7 heteroatoms. The summed E-state index contributed by atoms with van der Waals surface area (Å²) in [6.07, 6.45) is 0.879. The zero-order chi connectivity index (χ0) is 19.8. The summed E-state index contributed by atoms with van der Waals surface area (Å²) in [7, 11) is 1.30. The van der Waals surface area contributed by atoms with Gasteiger partial charge < -0.3 is 23.7 Å². The minimum atomic E-state index is -0.775. The third-order valence-corrected chi connectivity index (χ3v) is 4.57. The minimum Gasteiger partial charge on any atom is -0.479 e. The molecule has 2 aromatic rings. The molecule has 0 N–H and O–H groups in total. The van der Waals surface area contributed by atoms with E-state index in [1.165, 1.54) is 7.11 Å². The van der Waals surface area contributed by atoms with Crippen LogP contribution in [0.3, 0.4) is 0 Å². The number of esters is 1. The zero-order valence-electron chi connectivity index (χ0n) is 15.6. The molecule has 1 unspecified atom stereocenters. The van der Waals surface area contributed by atoms with Crippen LogP contribution >= 0.6 is 0 Å². The number of carbonyl (C=O) groups is 2. The number of Topliss-reactive ketones (excluding diaryl/α,β-unsaturated/α-hetero) is 1. The number of carbonyl (C=O) groups excluding carboxylic acids is 2. The van der Waals surface area contributed by atoms with Gasteiger partial charge in [-0.2, -0.15) is 0 Å². The van der Waals surface area contributed by atoms with Crippen LogP contribution in [0.2, 0.25) is 0 Å². The highest BCUT2D eigenvalue weighted by atomic mass is 16.7. The van der Waals surface area contributed by atoms with Crippen LogP contribution in [0.4, 0.5) is 0 Å². The van der Waals surface area contributed by atoms with Gasteiger partial charge in [0.1, 0.15) is 11.5 Å². The molecule has 2 aromatic carbocycles. The van der Waals surface area contributed by atoms with E-state index in [0.717, 1.165) is 5.56 Å².